The standard InChI is InChI=1S/C20H28N6O/c1-13-14(2)24-26(15(13)3)10-7-19(27)25-9-6-17-16(12-25)11-22-20(23-17)18-5-4-8-21-18/h11,18,21H,4-10,12H2,1-3H3/t18-/m1/s1. The van der Waals surface area contributed by atoms with Crippen LogP contribution in [0.1, 0.15) is 59.3 Å². The van der Waals surface area contributed by atoms with Crippen LogP contribution in [-0.2, 0) is 24.3 Å². The van der Waals surface area contributed by atoms with Gasteiger partial charge in [-0.3, -0.25) is 9.48 Å². The molecule has 0 unspecified atom stereocenters. The Labute approximate surface area is 160 Å². The molecule has 1 N–H and O–H groups in total. The third kappa shape index (κ3) is 3.60. The zero-order chi connectivity index (χ0) is 19.0. The molecule has 2 aromatic heterocycles. The lowest BCUT2D eigenvalue weighted by Crippen LogP contribution is -2.37. The summed E-state index contributed by atoms with van der Waals surface area (Å²) in [6, 6.07) is 0.291. The van der Waals surface area contributed by atoms with E-state index in [0.29, 0.717) is 25.6 Å². The van der Waals surface area contributed by atoms with Crippen molar-refractivity contribution in [3.05, 3.63) is 40.2 Å². The van der Waals surface area contributed by atoms with Gasteiger partial charge in [0.25, 0.3) is 0 Å². The minimum absolute atomic E-state index is 0.174. The first-order valence-corrected chi connectivity index (χ1v) is 9.89. The summed E-state index contributed by atoms with van der Waals surface area (Å²) in [5.41, 5.74) is 5.58. The number of rotatable bonds is 4. The molecular formula is C20H28N6O. The van der Waals surface area contributed by atoms with Crippen molar-refractivity contribution in [3.63, 3.8) is 0 Å². The summed E-state index contributed by atoms with van der Waals surface area (Å²) in [5.74, 6) is 1.08. The Morgan fingerprint density at radius 3 is 2.89 bits per heavy atom. The molecule has 27 heavy (non-hydrogen) atoms. The Morgan fingerprint density at radius 1 is 1.33 bits per heavy atom. The van der Waals surface area contributed by atoms with E-state index in [2.05, 4.69) is 29.2 Å². The van der Waals surface area contributed by atoms with Crippen LogP contribution in [0.15, 0.2) is 6.20 Å². The summed E-state index contributed by atoms with van der Waals surface area (Å²) in [6.07, 6.45) is 5.49. The van der Waals surface area contributed by atoms with E-state index in [4.69, 9.17) is 4.98 Å². The van der Waals surface area contributed by atoms with Gasteiger partial charge in [-0.25, -0.2) is 9.97 Å². The van der Waals surface area contributed by atoms with Crippen molar-refractivity contribution in [2.75, 3.05) is 13.1 Å². The van der Waals surface area contributed by atoms with Crippen LogP contribution in [0, 0.1) is 20.8 Å². The second kappa shape index (κ2) is 7.38. The van der Waals surface area contributed by atoms with Crippen molar-refractivity contribution >= 4 is 5.91 Å². The number of hydrogen-bond acceptors (Lipinski definition) is 5. The van der Waals surface area contributed by atoms with Crippen LogP contribution < -0.4 is 5.32 Å². The number of carbonyl (C=O) groups excluding carboxylic acids is 1. The van der Waals surface area contributed by atoms with Gasteiger partial charge in [-0.1, -0.05) is 0 Å². The quantitative estimate of drug-likeness (QED) is 0.893. The van der Waals surface area contributed by atoms with E-state index in [0.717, 1.165) is 54.4 Å². The highest BCUT2D eigenvalue weighted by Crippen LogP contribution is 2.23. The molecule has 2 aromatic rings. The minimum Gasteiger partial charge on any atom is -0.338 e. The molecule has 0 bridgehead atoms. The summed E-state index contributed by atoms with van der Waals surface area (Å²) >= 11 is 0. The smallest absolute Gasteiger partial charge is 0.224 e. The van der Waals surface area contributed by atoms with Gasteiger partial charge in [-0.2, -0.15) is 5.10 Å². The van der Waals surface area contributed by atoms with Gasteiger partial charge in [0.05, 0.1) is 17.4 Å². The second-order valence-electron chi connectivity index (χ2n) is 7.68. The lowest BCUT2D eigenvalue weighted by atomic mass is 10.1. The van der Waals surface area contributed by atoms with Crippen LogP contribution in [0.3, 0.4) is 0 Å². The fraction of sp³-hybridized carbons (Fsp3) is 0.600. The molecule has 2 aliphatic rings. The zero-order valence-corrected chi connectivity index (χ0v) is 16.5. The van der Waals surface area contributed by atoms with E-state index >= 15 is 0 Å². The van der Waals surface area contributed by atoms with Gasteiger partial charge in [0, 0.05) is 49.9 Å². The molecule has 1 saturated heterocycles. The van der Waals surface area contributed by atoms with Crippen molar-refractivity contribution in [1.29, 1.82) is 0 Å². The molecule has 0 aromatic carbocycles. The molecule has 0 spiro atoms. The highest BCUT2D eigenvalue weighted by Gasteiger charge is 2.25. The molecule has 1 atom stereocenters. The molecule has 4 rings (SSSR count). The van der Waals surface area contributed by atoms with E-state index in [1.807, 2.05) is 22.7 Å². The SMILES string of the molecule is Cc1nn(CCC(=O)N2CCc3nc([C@H]4CCCN4)ncc3C2)c(C)c1C. The Morgan fingerprint density at radius 2 is 2.19 bits per heavy atom. The van der Waals surface area contributed by atoms with E-state index < -0.39 is 0 Å². The van der Waals surface area contributed by atoms with Gasteiger partial charge in [0.1, 0.15) is 5.82 Å². The van der Waals surface area contributed by atoms with Gasteiger partial charge in [-0.15, -0.1) is 0 Å². The molecule has 7 heteroatoms. The maximum absolute atomic E-state index is 12.7. The van der Waals surface area contributed by atoms with E-state index in [-0.39, 0.29) is 5.91 Å². The lowest BCUT2D eigenvalue weighted by Gasteiger charge is -2.28. The van der Waals surface area contributed by atoms with Gasteiger partial charge in [-0.05, 0) is 45.7 Å². The van der Waals surface area contributed by atoms with Crippen LogP contribution in [0.2, 0.25) is 0 Å². The van der Waals surface area contributed by atoms with Crippen molar-refractivity contribution in [2.24, 2.45) is 0 Å². The molecule has 2 aliphatic heterocycles. The van der Waals surface area contributed by atoms with Crippen LogP contribution in [0.25, 0.3) is 0 Å². The fourth-order valence-electron chi connectivity index (χ4n) is 3.98. The molecule has 0 saturated carbocycles. The first-order valence-electron chi connectivity index (χ1n) is 9.89. The zero-order valence-electron chi connectivity index (χ0n) is 16.5. The maximum Gasteiger partial charge on any atom is 0.224 e. The minimum atomic E-state index is 0.174. The normalized spacial score (nSPS) is 19.4. The van der Waals surface area contributed by atoms with Crippen LogP contribution in [0.5, 0.6) is 0 Å². The molecule has 1 amide bonds. The maximum atomic E-state index is 12.7. The van der Waals surface area contributed by atoms with Crippen molar-refractivity contribution < 1.29 is 4.79 Å². The van der Waals surface area contributed by atoms with Crippen LogP contribution >= 0.6 is 0 Å². The third-order valence-electron chi connectivity index (χ3n) is 5.96. The lowest BCUT2D eigenvalue weighted by molar-refractivity contribution is -0.132. The number of carbonyl (C=O) groups is 1. The average molecular weight is 368 g/mol. The first kappa shape index (κ1) is 18.1. The van der Waals surface area contributed by atoms with Crippen LogP contribution in [-0.4, -0.2) is 43.6 Å². The predicted octanol–water partition coefficient (Wildman–Crippen LogP) is 2.00. The Balaban J connectivity index is 1.38. The van der Waals surface area contributed by atoms with E-state index in [1.165, 1.54) is 12.0 Å². The highest BCUT2D eigenvalue weighted by atomic mass is 16.2. The van der Waals surface area contributed by atoms with Crippen molar-refractivity contribution in [3.8, 4) is 0 Å². The third-order valence-corrected chi connectivity index (χ3v) is 5.96. The molecule has 1 fully saturated rings. The second-order valence-corrected chi connectivity index (χ2v) is 7.68. The highest BCUT2D eigenvalue weighted by molar-refractivity contribution is 5.76. The van der Waals surface area contributed by atoms with Gasteiger partial charge in [0.2, 0.25) is 5.91 Å². The van der Waals surface area contributed by atoms with Gasteiger partial charge in [0.15, 0.2) is 0 Å². The van der Waals surface area contributed by atoms with E-state index in [9.17, 15) is 4.79 Å². The van der Waals surface area contributed by atoms with Crippen LogP contribution in [0.4, 0.5) is 0 Å². The van der Waals surface area contributed by atoms with Crippen molar-refractivity contribution in [2.45, 2.75) is 65.6 Å². The monoisotopic (exact) mass is 368 g/mol. The number of aromatic nitrogens is 4. The number of amides is 1. The largest absolute Gasteiger partial charge is 0.338 e. The topological polar surface area (TPSA) is 75.9 Å². The number of aryl methyl sites for hydroxylation is 2. The summed E-state index contributed by atoms with van der Waals surface area (Å²) in [4.78, 5) is 24.0. The van der Waals surface area contributed by atoms with Gasteiger partial charge < -0.3 is 10.2 Å². The average Bonchev–Trinajstić information content (AvgIpc) is 3.30. The molecular weight excluding hydrogens is 340 g/mol. The number of hydrogen-bond donors (Lipinski definition) is 1. The Bertz CT molecular complexity index is 852. The molecule has 4 heterocycles. The summed E-state index contributed by atoms with van der Waals surface area (Å²) in [6.45, 7) is 9.17. The van der Waals surface area contributed by atoms with Crippen molar-refractivity contribution in [1.82, 2.24) is 30.0 Å². The molecule has 7 nitrogen and oxygen atoms in total. The summed E-state index contributed by atoms with van der Waals surface area (Å²) in [5, 5.41) is 7.98. The molecule has 0 aliphatic carbocycles. The summed E-state index contributed by atoms with van der Waals surface area (Å²) in [7, 11) is 0. The van der Waals surface area contributed by atoms with Gasteiger partial charge >= 0.3 is 0 Å². The summed E-state index contributed by atoms with van der Waals surface area (Å²) < 4.78 is 1.95. The molecule has 0 radical (unpaired) electrons. The number of nitrogens with zero attached hydrogens (tertiary/aromatic N) is 5. The molecule has 144 valence electrons. The Kier molecular flexibility index (Phi) is 4.95. The van der Waals surface area contributed by atoms with E-state index in [1.54, 1.807) is 0 Å². The predicted molar refractivity (Wildman–Crippen MR) is 102 cm³/mol. The number of fused-ring (bicyclic) bond motifs is 1. The number of nitrogens with one attached hydrogen (secondary N) is 1. The Hall–Kier alpha value is -2.28. The first-order chi connectivity index (χ1) is 13.0. The fourth-order valence-corrected chi connectivity index (χ4v) is 3.98.